The van der Waals surface area contributed by atoms with Gasteiger partial charge in [0.1, 0.15) is 5.83 Å². The maximum absolute atomic E-state index is 13.9. The van der Waals surface area contributed by atoms with E-state index in [1.165, 1.54) is 0 Å². The van der Waals surface area contributed by atoms with Gasteiger partial charge in [0.2, 0.25) is 0 Å². The van der Waals surface area contributed by atoms with Crippen molar-refractivity contribution in [3.05, 3.63) is 35.8 Å². The first-order valence-electron chi connectivity index (χ1n) is 12.3. The molecule has 3 nitrogen and oxygen atoms in total. The highest BCUT2D eigenvalue weighted by molar-refractivity contribution is 5.26. The number of allylic oxidation sites excluding steroid dienone is 1. The fourth-order valence-corrected chi connectivity index (χ4v) is 3.25. The Morgan fingerprint density at radius 2 is 1.67 bits per heavy atom. The standard InChI is InChI=1S/C19H32F3N3.C3H7F.2C2H6/c1-13-7-8-16(11-13)25(10-9-17(21)19(22)14(2)20)15(3)18(23-4)12-24(5)6;1-2-3-4;2*1-2/h12-14,16,23H,3,7-11H2,1-2,4-6H3;2-3H2,1H3;2*1-2H3/b18-12-,19-17-;;;. The number of halogens is 4. The predicted molar refractivity (Wildman–Crippen MR) is 137 cm³/mol. The van der Waals surface area contributed by atoms with E-state index in [1.807, 2.05) is 57.8 Å². The van der Waals surface area contributed by atoms with E-state index in [1.54, 1.807) is 14.0 Å². The van der Waals surface area contributed by atoms with Crippen LogP contribution < -0.4 is 5.32 Å². The topological polar surface area (TPSA) is 18.5 Å². The Morgan fingerprint density at radius 1 is 1.15 bits per heavy atom. The summed E-state index contributed by atoms with van der Waals surface area (Å²) in [4.78, 5) is 3.93. The summed E-state index contributed by atoms with van der Waals surface area (Å²) in [5.74, 6) is -1.72. The zero-order chi connectivity index (χ0) is 26.6. The van der Waals surface area contributed by atoms with Crippen LogP contribution in [0.5, 0.6) is 0 Å². The Kier molecular flexibility index (Phi) is 24.1. The third-order valence-electron chi connectivity index (χ3n) is 4.79. The van der Waals surface area contributed by atoms with Crippen molar-refractivity contribution >= 4 is 0 Å². The van der Waals surface area contributed by atoms with E-state index >= 15 is 0 Å². The van der Waals surface area contributed by atoms with Crippen molar-refractivity contribution in [2.24, 2.45) is 5.92 Å². The van der Waals surface area contributed by atoms with Gasteiger partial charge in [-0.25, -0.2) is 13.2 Å². The van der Waals surface area contributed by atoms with Crippen LogP contribution >= 0.6 is 0 Å². The summed E-state index contributed by atoms with van der Waals surface area (Å²) in [5, 5.41) is 3.12. The molecule has 33 heavy (non-hydrogen) atoms. The second kappa shape index (κ2) is 22.1. The quantitative estimate of drug-likeness (QED) is 0.252. The van der Waals surface area contributed by atoms with Crippen LogP contribution in [0.1, 0.15) is 80.6 Å². The minimum absolute atomic E-state index is 0.164. The normalized spacial score (nSPS) is 18.8. The van der Waals surface area contributed by atoms with Crippen LogP contribution in [-0.4, -0.2) is 56.4 Å². The summed E-state index contributed by atoms with van der Waals surface area (Å²) in [6, 6.07) is 0.236. The van der Waals surface area contributed by atoms with Crippen molar-refractivity contribution in [1.29, 1.82) is 0 Å². The Hall–Kier alpha value is -1.66. The summed E-state index contributed by atoms with van der Waals surface area (Å²) < 4.78 is 51.1. The van der Waals surface area contributed by atoms with Crippen molar-refractivity contribution in [2.45, 2.75) is 92.8 Å². The Labute approximate surface area is 202 Å². The number of alkyl halides is 2. The molecule has 0 radical (unpaired) electrons. The monoisotopic (exact) mass is 481 g/mol. The SMILES string of the molecule is C=C(/C(=C/N(C)C)NC)N(CC/C(F)=C(/F)C(C)F)C1CCC(C)C1.CC.CC.CCCF. The molecule has 1 saturated carbocycles. The first-order valence-corrected chi connectivity index (χ1v) is 12.3. The first kappa shape index (κ1) is 35.9. The van der Waals surface area contributed by atoms with Gasteiger partial charge in [-0.1, -0.05) is 48.1 Å². The molecular formula is C26H51F4N3. The highest BCUT2D eigenvalue weighted by atomic mass is 19.2. The van der Waals surface area contributed by atoms with Gasteiger partial charge in [-0.3, -0.25) is 4.39 Å². The van der Waals surface area contributed by atoms with Crippen molar-refractivity contribution in [1.82, 2.24) is 15.1 Å². The molecule has 3 atom stereocenters. The molecule has 0 aromatic carbocycles. The average molecular weight is 482 g/mol. The van der Waals surface area contributed by atoms with Crippen LogP contribution in [0.3, 0.4) is 0 Å². The number of nitrogens with zero attached hydrogens (tertiary/aromatic N) is 2. The minimum atomic E-state index is -1.91. The highest BCUT2D eigenvalue weighted by Gasteiger charge is 2.29. The maximum Gasteiger partial charge on any atom is 0.165 e. The zero-order valence-electron chi connectivity index (χ0n) is 22.9. The summed E-state index contributed by atoms with van der Waals surface area (Å²) >= 11 is 0. The zero-order valence-corrected chi connectivity index (χ0v) is 22.9. The lowest BCUT2D eigenvalue weighted by atomic mass is 10.1. The minimum Gasteiger partial charge on any atom is -0.385 e. The summed E-state index contributed by atoms with van der Waals surface area (Å²) in [7, 11) is 5.63. The van der Waals surface area contributed by atoms with Gasteiger partial charge in [-0.15, -0.1) is 0 Å². The molecule has 0 saturated heterocycles. The molecule has 198 valence electrons. The molecule has 3 unspecified atom stereocenters. The molecule has 0 heterocycles. The van der Waals surface area contributed by atoms with Gasteiger partial charge in [0.15, 0.2) is 12.0 Å². The van der Waals surface area contributed by atoms with Crippen molar-refractivity contribution in [3.63, 3.8) is 0 Å². The molecule has 1 fully saturated rings. The lowest BCUT2D eigenvalue weighted by Gasteiger charge is -2.34. The molecule has 0 amide bonds. The molecular weight excluding hydrogens is 430 g/mol. The second-order valence-electron chi connectivity index (χ2n) is 7.78. The molecule has 1 rings (SSSR count). The van der Waals surface area contributed by atoms with E-state index in [9.17, 15) is 17.6 Å². The van der Waals surface area contributed by atoms with E-state index < -0.39 is 17.8 Å². The number of nitrogens with one attached hydrogen (secondary N) is 1. The van der Waals surface area contributed by atoms with Crippen LogP contribution in [-0.2, 0) is 0 Å². The fourth-order valence-electron chi connectivity index (χ4n) is 3.25. The Balaban J connectivity index is -0.000000988. The van der Waals surface area contributed by atoms with E-state index in [-0.39, 0.29) is 25.7 Å². The highest BCUT2D eigenvalue weighted by Crippen LogP contribution is 2.32. The second-order valence-corrected chi connectivity index (χ2v) is 7.78. The Bertz CT molecular complexity index is 544. The number of hydrogen-bond acceptors (Lipinski definition) is 3. The molecule has 1 aliphatic carbocycles. The third kappa shape index (κ3) is 15.7. The van der Waals surface area contributed by atoms with Gasteiger partial charge < -0.3 is 15.1 Å². The summed E-state index contributed by atoms with van der Waals surface area (Å²) in [5.41, 5.74) is 1.57. The van der Waals surface area contributed by atoms with E-state index in [0.717, 1.165) is 37.6 Å². The van der Waals surface area contributed by atoms with Crippen LogP contribution in [0.25, 0.3) is 0 Å². The lowest BCUT2D eigenvalue weighted by Crippen LogP contribution is -2.36. The van der Waals surface area contributed by atoms with Crippen LogP contribution in [0.2, 0.25) is 0 Å². The molecule has 1 N–H and O–H groups in total. The van der Waals surface area contributed by atoms with Crippen LogP contribution in [0.15, 0.2) is 35.8 Å². The van der Waals surface area contributed by atoms with Gasteiger partial charge in [-0.2, -0.15) is 0 Å². The van der Waals surface area contributed by atoms with Crippen molar-refractivity contribution in [3.8, 4) is 0 Å². The van der Waals surface area contributed by atoms with E-state index in [0.29, 0.717) is 12.3 Å². The summed E-state index contributed by atoms with van der Waals surface area (Å²) in [6.07, 6.45) is 3.57. The first-order chi connectivity index (χ1) is 15.6. The van der Waals surface area contributed by atoms with Crippen LogP contribution in [0.4, 0.5) is 17.6 Å². The molecule has 0 aromatic rings. The van der Waals surface area contributed by atoms with Crippen molar-refractivity contribution < 1.29 is 17.6 Å². The number of likely N-dealkylation sites (N-methyl/N-ethyl adjacent to an activating group) is 1. The predicted octanol–water partition coefficient (Wildman–Crippen LogP) is 7.93. The van der Waals surface area contributed by atoms with Gasteiger partial charge in [0.25, 0.3) is 0 Å². The number of rotatable bonds is 10. The molecule has 0 spiro atoms. The van der Waals surface area contributed by atoms with Gasteiger partial charge in [0.05, 0.1) is 18.1 Å². The molecule has 0 aliphatic heterocycles. The molecule has 0 aromatic heterocycles. The smallest absolute Gasteiger partial charge is 0.165 e. The maximum atomic E-state index is 13.9. The fraction of sp³-hybridized carbons (Fsp3) is 0.769. The van der Waals surface area contributed by atoms with Crippen molar-refractivity contribution in [2.75, 3.05) is 34.4 Å². The summed E-state index contributed by atoms with van der Waals surface area (Å²) in [6.45, 7) is 17.3. The lowest BCUT2D eigenvalue weighted by molar-refractivity contribution is 0.246. The molecule has 0 bridgehead atoms. The molecule has 1 aliphatic rings. The number of hydrogen-bond donors (Lipinski definition) is 1. The van der Waals surface area contributed by atoms with E-state index in [4.69, 9.17) is 0 Å². The van der Waals surface area contributed by atoms with Crippen LogP contribution in [0, 0.1) is 5.92 Å². The van der Waals surface area contributed by atoms with Gasteiger partial charge >= 0.3 is 0 Å². The third-order valence-corrected chi connectivity index (χ3v) is 4.79. The van der Waals surface area contributed by atoms with Gasteiger partial charge in [-0.05, 0) is 38.5 Å². The molecule has 7 heteroatoms. The van der Waals surface area contributed by atoms with E-state index in [2.05, 4.69) is 18.8 Å². The largest absolute Gasteiger partial charge is 0.385 e. The Morgan fingerprint density at radius 3 is 2.00 bits per heavy atom. The van der Waals surface area contributed by atoms with Gasteiger partial charge in [0, 0.05) is 46.4 Å². The average Bonchev–Trinajstić information content (AvgIpc) is 3.25.